The summed E-state index contributed by atoms with van der Waals surface area (Å²) in [4.78, 5) is 33.0. The molecule has 1 aromatic heterocycles. The van der Waals surface area contributed by atoms with E-state index in [0.717, 1.165) is 12.1 Å². The first kappa shape index (κ1) is 22.7. The highest BCUT2D eigenvalue weighted by Gasteiger charge is 2.26. The highest BCUT2D eigenvalue weighted by molar-refractivity contribution is 6.05. The van der Waals surface area contributed by atoms with Crippen LogP contribution in [0.2, 0.25) is 0 Å². The Hall–Kier alpha value is -4.52. The Morgan fingerprint density at radius 2 is 1.74 bits per heavy atom. The molecule has 4 rings (SSSR count). The second-order valence-electron chi connectivity index (χ2n) is 7.61. The lowest BCUT2D eigenvalue weighted by molar-refractivity contribution is 0.0743. The highest BCUT2D eigenvalue weighted by atomic mass is 19.1. The van der Waals surface area contributed by atoms with Crippen LogP contribution in [0, 0.1) is 23.0 Å². The van der Waals surface area contributed by atoms with Crippen LogP contribution in [0.25, 0.3) is 0 Å². The monoisotopic (exact) mass is 463 g/mol. The third kappa shape index (κ3) is 4.78. The number of phenols is 1. The number of amides is 2. The molecule has 172 valence electrons. The standard InChI is InChI=1S/C24H19F2N5O3/c25-17-10-16(11-18(26)12-17)23(33)29-19-3-4-20(21(32)13-19)24(34)31-8-6-30(7-9-31)22-15(14-27)2-1-5-28-22/h1-5,10-13,32H,6-9H2,(H,29,33). The molecular formula is C24H19F2N5O3. The number of piperazine rings is 1. The van der Waals surface area contributed by atoms with Gasteiger partial charge in [0.1, 0.15) is 29.3 Å². The summed E-state index contributed by atoms with van der Waals surface area (Å²) in [5.41, 5.74) is 0.451. The van der Waals surface area contributed by atoms with Gasteiger partial charge in [-0.2, -0.15) is 5.26 Å². The van der Waals surface area contributed by atoms with Gasteiger partial charge in [0.25, 0.3) is 11.8 Å². The number of hydrogen-bond acceptors (Lipinski definition) is 6. The lowest BCUT2D eigenvalue weighted by Crippen LogP contribution is -2.49. The summed E-state index contributed by atoms with van der Waals surface area (Å²) >= 11 is 0. The Bertz CT molecular complexity index is 1280. The summed E-state index contributed by atoms with van der Waals surface area (Å²) in [6, 6.07) is 11.9. The Kier molecular flexibility index (Phi) is 6.36. The number of aromatic hydroxyl groups is 1. The predicted molar refractivity (Wildman–Crippen MR) is 119 cm³/mol. The molecule has 3 aromatic rings. The molecule has 1 aliphatic heterocycles. The minimum atomic E-state index is -0.888. The average Bonchev–Trinajstić information content (AvgIpc) is 2.83. The van der Waals surface area contributed by atoms with E-state index in [1.54, 1.807) is 23.2 Å². The maximum absolute atomic E-state index is 13.3. The van der Waals surface area contributed by atoms with Crippen molar-refractivity contribution in [2.24, 2.45) is 0 Å². The zero-order chi connectivity index (χ0) is 24.2. The summed E-state index contributed by atoms with van der Waals surface area (Å²) < 4.78 is 26.7. The molecule has 34 heavy (non-hydrogen) atoms. The maximum Gasteiger partial charge on any atom is 0.257 e. The molecule has 2 heterocycles. The normalized spacial score (nSPS) is 13.3. The van der Waals surface area contributed by atoms with Gasteiger partial charge in [-0.3, -0.25) is 9.59 Å². The average molecular weight is 463 g/mol. The number of nitrogens with zero attached hydrogens (tertiary/aromatic N) is 4. The van der Waals surface area contributed by atoms with Gasteiger partial charge >= 0.3 is 0 Å². The van der Waals surface area contributed by atoms with E-state index in [-0.39, 0.29) is 28.5 Å². The Morgan fingerprint density at radius 1 is 1.03 bits per heavy atom. The molecule has 10 heteroatoms. The summed E-state index contributed by atoms with van der Waals surface area (Å²) in [5, 5.41) is 22.1. The summed E-state index contributed by atoms with van der Waals surface area (Å²) in [5.74, 6) is -2.70. The van der Waals surface area contributed by atoms with Crippen LogP contribution >= 0.6 is 0 Å². The van der Waals surface area contributed by atoms with E-state index < -0.39 is 17.5 Å². The first-order chi connectivity index (χ1) is 16.4. The first-order valence-corrected chi connectivity index (χ1v) is 10.4. The van der Waals surface area contributed by atoms with E-state index in [4.69, 9.17) is 0 Å². The molecule has 0 aliphatic carbocycles. The summed E-state index contributed by atoms with van der Waals surface area (Å²) in [6.45, 7) is 1.67. The largest absolute Gasteiger partial charge is 0.507 e. The molecule has 0 unspecified atom stereocenters. The van der Waals surface area contributed by atoms with E-state index >= 15 is 0 Å². The molecule has 0 radical (unpaired) electrons. The number of halogens is 2. The molecular weight excluding hydrogens is 444 g/mol. The van der Waals surface area contributed by atoms with Crippen LogP contribution in [0.4, 0.5) is 20.3 Å². The fraction of sp³-hybridized carbons (Fsp3) is 0.167. The van der Waals surface area contributed by atoms with Gasteiger partial charge in [-0.05, 0) is 36.4 Å². The van der Waals surface area contributed by atoms with Crippen LogP contribution in [0.15, 0.2) is 54.7 Å². The summed E-state index contributed by atoms with van der Waals surface area (Å²) in [7, 11) is 0. The molecule has 0 spiro atoms. The van der Waals surface area contributed by atoms with Crippen molar-refractivity contribution in [2.75, 3.05) is 36.4 Å². The molecule has 0 bridgehead atoms. The molecule has 8 nitrogen and oxygen atoms in total. The third-order valence-electron chi connectivity index (χ3n) is 5.38. The van der Waals surface area contributed by atoms with Crippen molar-refractivity contribution in [1.82, 2.24) is 9.88 Å². The van der Waals surface area contributed by atoms with E-state index in [2.05, 4.69) is 16.4 Å². The number of hydrogen-bond donors (Lipinski definition) is 2. The number of anilines is 2. The van der Waals surface area contributed by atoms with Crippen LogP contribution in [0.5, 0.6) is 5.75 Å². The van der Waals surface area contributed by atoms with Gasteiger partial charge < -0.3 is 20.2 Å². The quantitative estimate of drug-likeness (QED) is 0.615. The van der Waals surface area contributed by atoms with Crippen molar-refractivity contribution in [1.29, 1.82) is 5.26 Å². The second-order valence-corrected chi connectivity index (χ2v) is 7.61. The van der Waals surface area contributed by atoms with Crippen LogP contribution in [-0.4, -0.2) is 53.0 Å². The van der Waals surface area contributed by atoms with Gasteiger partial charge in [-0.1, -0.05) is 0 Å². The van der Waals surface area contributed by atoms with Crippen LogP contribution < -0.4 is 10.2 Å². The van der Waals surface area contributed by atoms with Crippen molar-refractivity contribution in [2.45, 2.75) is 0 Å². The number of phenolic OH excluding ortho intramolecular Hbond substituents is 1. The number of benzene rings is 2. The van der Waals surface area contributed by atoms with Gasteiger partial charge in [0.05, 0.1) is 11.1 Å². The van der Waals surface area contributed by atoms with Crippen LogP contribution in [-0.2, 0) is 0 Å². The first-order valence-electron chi connectivity index (χ1n) is 10.4. The van der Waals surface area contributed by atoms with Crippen molar-refractivity contribution in [3.05, 3.63) is 83.1 Å². The number of nitriles is 1. The topological polar surface area (TPSA) is 110 Å². The van der Waals surface area contributed by atoms with Gasteiger partial charge in [-0.25, -0.2) is 13.8 Å². The molecule has 1 aliphatic rings. The van der Waals surface area contributed by atoms with Gasteiger partial charge in [-0.15, -0.1) is 0 Å². The zero-order valence-electron chi connectivity index (χ0n) is 17.8. The third-order valence-corrected chi connectivity index (χ3v) is 5.38. The predicted octanol–water partition coefficient (Wildman–Crippen LogP) is 3.15. The minimum absolute atomic E-state index is 0.0544. The number of carbonyl (C=O) groups is 2. The minimum Gasteiger partial charge on any atom is -0.507 e. The van der Waals surface area contributed by atoms with Gasteiger partial charge in [0.15, 0.2) is 0 Å². The van der Waals surface area contributed by atoms with Gasteiger partial charge in [0.2, 0.25) is 0 Å². The van der Waals surface area contributed by atoms with E-state index in [1.165, 1.54) is 18.2 Å². The van der Waals surface area contributed by atoms with E-state index in [1.807, 2.05) is 4.90 Å². The fourth-order valence-electron chi connectivity index (χ4n) is 3.71. The number of pyridine rings is 1. The van der Waals surface area contributed by atoms with Crippen molar-refractivity contribution >= 4 is 23.3 Å². The molecule has 2 amide bonds. The number of carbonyl (C=O) groups excluding carboxylic acids is 2. The van der Waals surface area contributed by atoms with Gasteiger partial charge in [0, 0.05) is 55.8 Å². The smallest absolute Gasteiger partial charge is 0.257 e. The molecule has 1 fully saturated rings. The SMILES string of the molecule is N#Cc1cccnc1N1CCN(C(=O)c2ccc(NC(=O)c3cc(F)cc(F)c3)cc2O)CC1. The molecule has 1 saturated heterocycles. The fourth-order valence-corrected chi connectivity index (χ4v) is 3.71. The van der Waals surface area contributed by atoms with Crippen LogP contribution in [0.3, 0.4) is 0 Å². The Balaban J connectivity index is 1.41. The molecule has 0 atom stereocenters. The van der Waals surface area contributed by atoms with E-state index in [9.17, 15) is 28.7 Å². The number of nitrogens with one attached hydrogen (secondary N) is 1. The molecule has 2 N–H and O–H groups in total. The Morgan fingerprint density at radius 3 is 2.38 bits per heavy atom. The van der Waals surface area contributed by atoms with Crippen molar-refractivity contribution in [3.8, 4) is 11.8 Å². The number of rotatable bonds is 4. The highest BCUT2D eigenvalue weighted by Crippen LogP contribution is 2.25. The van der Waals surface area contributed by atoms with Crippen LogP contribution in [0.1, 0.15) is 26.3 Å². The Labute approximate surface area is 193 Å². The van der Waals surface area contributed by atoms with E-state index in [0.29, 0.717) is 43.6 Å². The zero-order valence-corrected chi connectivity index (χ0v) is 17.8. The lowest BCUT2D eigenvalue weighted by atomic mass is 10.1. The second kappa shape index (κ2) is 9.54. The van der Waals surface area contributed by atoms with Crippen molar-refractivity contribution in [3.63, 3.8) is 0 Å². The maximum atomic E-state index is 13.3. The summed E-state index contributed by atoms with van der Waals surface area (Å²) in [6.07, 6.45) is 1.61. The lowest BCUT2D eigenvalue weighted by Gasteiger charge is -2.35. The molecule has 2 aromatic carbocycles. The van der Waals surface area contributed by atoms with Crippen molar-refractivity contribution < 1.29 is 23.5 Å². The number of aromatic nitrogens is 1. The molecule has 0 saturated carbocycles.